The molecular formula is C23H21N3O4. The molecule has 2 aromatic heterocycles. The highest BCUT2D eigenvalue weighted by molar-refractivity contribution is 5.93. The second-order valence-corrected chi connectivity index (χ2v) is 6.46. The van der Waals surface area contributed by atoms with Crippen LogP contribution in [0.3, 0.4) is 0 Å². The van der Waals surface area contributed by atoms with E-state index in [9.17, 15) is 4.79 Å². The molecule has 0 saturated carbocycles. The maximum Gasteiger partial charge on any atom is 0.219 e. The van der Waals surface area contributed by atoms with Gasteiger partial charge in [0.05, 0.1) is 27.0 Å². The lowest BCUT2D eigenvalue weighted by molar-refractivity contribution is -0.106. The molecule has 0 aliphatic heterocycles. The molecule has 0 aliphatic rings. The van der Waals surface area contributed by atoms with Crippen LogP contribution in [0.25, 0.3) is 16.9 Å². The van der Waals surface area contributed by atoms with Gasteiger partial charge in [-0.15, -0.1) is 0 Å². The van der Waals surface area contributed by atoms with Crippen LogP contribution in [0.4, 0.5) is 11.5 Å². The molecule has 0 unspecified atom stereocenters. The Kier molecular flexibility index (Phi) is 5.26. The predicted molar refractivity (Wildman–Crippen MR) is 115 cm³/mol. The van der Waals surface area contributed by atoms with Crippen LogP contribution >= 0.6 is 0 Å². The van der Waals surface area contributed by atoms with E-state index >= 15 is 0 Å². The number of imidazole rings is 1. The van der Waals surface area contributed by atoms with Crippen molar-refractivity contribution in [2.24, 2.45) is 0 Å². The Morgan fingerprint density at radius 3 is 2.33 bits per heavy atom. The first kappa shape index (κ1) is 19.3. The normalized spacial score (nSPS) is 10.6. The number of carbonyl (C=O) groups is 1. The van der Waals surface area contributed by atoms with Crippen LogP contribution in [0.2, 0.25) is 0 Å². The van der Waals surface area contributed by atoms with Crippen molar-refractivity contribution in [3.8, 4) is 28.5 Å². The van der Waals surface area contributed by atoms with Crippen LogP contribution in [0.5, 0.6) is 17.2 Å². The zero-order valence-corrected chi connectivity index (χ0v) is 16.9. The van der Waals surface area contributed by atoms with Crippen molar-refractivity contribution < 1.29 is 19.0 Å². The van der Waals surface area contributed by atoms with Crippen molar-refractivity contribution >= 4 is 23.6 Å². The molecule has 2 aromatic carbocycles. The summed E-state index contributed by atoms with van der Waals surface area (Å²) in [6.07, 6.45) is 2.66. The van der Waals surface area contributed by atoms with Crippen molar-refractivity contribution in [2.45, 2.75) is 0 Å². The molecule has 1 amide bonds. The summed E-state index contributed by atoms with van der Waals surface area (Å²) in [4.78, 5) is 18.6. The summed E-state index contributed by atoms with van der Waals surface area (Å²) >= 11 is 0. The molecule has 0 radical (unpaired) electrons. The topological polar surface area (TPSA) is 65.3 Å². The molecular weight excluding hydrogens is 382 g/mol. The lowest BCUT2D eigenvalue weighted by Gasteiger charge is -2.19. The van der Waals surface area contributed by atoms with Gasteiger partial charge in [-0.05, 0) is 54.6 Å². The minimum Gasteiger partial charge on any atom is -0.497 e. The second-order valence-electron chi connectivity index (χ2n) is 6.46. The average molecular weight is 403 g/mol. The van der Waals surface area contributed by atoms with Crippen molar-refractivity contribution in [1.82, 2.24) is 9.38 Å². The first-order valence-electron chi connectivity index (χ1n) is 9.28. The third-order valence-corrected chi connectivity index (χ3v) is 4.85. The van der Waals surface area contributed by atoms with Crippen LogP contribution in [0.15, 0.2) is 66.9 Å². The lowest BCUT2D eigenvalue weighted by Crippen LogP contribution is -2.17. The van der Waals surface area contributed by atoms with Crippen molar-refractivity contribution in [1.29, 1.82) is 0 Å². The number of carbonyl (C=O) groups excluding carboxylic acids is 1. The molecule has 4 aromatic rings. The Balaban J connectivity index is 1.93. The zero-order chi connectivity index (χ0) is 21.1. The molecule has 152 valence electrons. The molecule has 4 rings (SSSR count). The van der Waals surface area contributed by atoms with E-state index in [-0.39, 0.29) is 0 Å². The standard InChI is InChI=1S/C23H21N3O4/c1-28-18-10-8-17(9-11-18)26(15-27)23-22(24-21-6-4-5-13-25(21)23)16-7-12-19(29-2)20(14-16)30-3/h4-15H,1-3H3. The van der Waals surface area contributed by atoms with Gasteiger partial charge in [-0.25, -0.2) is 4.98 Å². The summed E-state index contributed by atoms with van der Waals surface area (Å²) in [7, 11) is 4.78. The lowest BCUT2D eigenvalue weighted by atomic mass is 10.1. The fourth-order valence-corrected chi connectivity index (χ4v) is 3.37. The summed E-state index contributed by atoms with van der Waals surface area (Å²) in [5, 5.41) is 0. The minimum atomic E-state index is 0.583. The number of amides is 1. The van der Waals surface area contributed by atoms with Crippen LogP contribution in [-0.4, -0.2) is 37.1 Å². The van der Waals surface area contributed by atoms with Crippen molar-refractivity contribution in [3.05, 3.63) is 66.9 Å². The van der Waals surface area contributed by atoms with E-state index in [1.807, 2.05) is 71.3 Å². The predicted octanol–water partition coefficient (Wildman–Crippen LogP) is 4.32. The minimum absolute atomic E-state index is 0.583. The van der Waals surface area contributed by atoms with Crippen LogP contribution in [-0.2, 0) is 4.79 Å². The van der Waals surface area contributed by atoms with Gasteiger partial charge < -0.3 is 14.2 Å². The van der Waals surface area contributed by atoms with Gasteiger partial charge in [0.15, 0.2) is 17.3 Å². The van der Waals surface area contributed by atoms with E-state index in [1.54, 1.807) is 26.2 Å². The molecule has 30 heavy (non-hydrogen) atoms. The fraction of sp³-hybridized carbons (Fsp3) is 0.130. The highest BCUT2D eigenvalue weighted by Crippen LogP contribution is 2.38. The number of aromatic nitrogens is 2. The van der Waals surface area contributed by atoms with Gasteiger partial charge in [0.1, 0.15) is 17.1 Å². The molecule has 0 atom stereocenters. The van der Waals surface area contributed by atoms with Gasteiger partial charge in [-0.1, -0.05) is 6.07 Å². The third-order valence-electron chi connectivity index (χ3n) is 4.85. The number of pyridine rings is 1. The van der Waals surface area contributed by atoms with Gasteiger partial charge in [0, 0.05) is 11.8 Å². The smallest absolute Gasteiger partial charge is 0.219 e. The highest BCUT2D eigenvalue weighted by atomic mass is 16.5. The van der Waals surface area contributed by atoms with E-state index in [0.29, 0.717) is 34.4 Å². The monoisotopic (exact) mass is 403 g/mol. The molecule has 0 bridgehead atoms. The third kappa shape index (κ3) is 3.30. The number of hydrogen-bond donors (Lipinski definition) is 0. The van der Waals surface area contributed by atoms with Crippen LogP contribution < -0.4 is 19.1 Å². The van der Waals surface area contributed by atoms with Crippen molar-refractivity contribution in [2.75, 3.05) is 26.2 Å². The maximum absolute atomic E-state index is 12.2. The molecule has 7 heteroatoms. The maximum atomic E-state index is 12.2. The number of rotatable bonds is 7. The Morgan fingerprint density at radius 2 is 1.67 bits per heavy atom. The van der Waals surface area contributed by atoms with Gasteiger partial charge >= 0.3 is 0 Å². The van der Waals surface area contributed by atoms with E-state index < -0.39 is 0 Å². The Labute approximate surface area is 174 Å². The van der Waals surface area contributed by atoms with Crippen molar-refractivity contribution in [3.63, 3.8) is 0 Å². The summed E-state index contributed by atoms with van der Waals surface area (Å²) in [6.45, 7) is 0. The molecule has 0 fully saturated rings. The van der Waals surface area contributed by atoms with E-state index in [4.69, 9.17) is 19.2 Å². The largest absolute Gasteiger partial charge is 0.497 e. The molecule has 0 N–H and O–H groups in total. The van der Waals surface area contributed by atoms with E-state index in [2.05, 4.69) is 0 Å². The summed E-state index contributed by atoms with van der Waals surface area (Å²) in [5.41, 5.74) is 2.85. The number of hydrogen-bond acceptors (Lipinski definition) is 5. The quantitative estimate of drug-likeness (QED) is 0.430. The molecule has 0 spiro atoms. The molecule has 0 saturated heterocycles. The Bertz CT molecular complexity index is 1190. The van der Waals surface area contributed by atoms with Crippen LogP contribution in [0.1, 0.15) is 0 Å². The van der Waals surface area contributed by atoms with E-state index in [1.165, 1.54) is 0 Å². The Morgan fingerprint density at radius 1 is 0.900 bits per heavy atom. The average Bonchev–Trinajstić information content (AvgIpc) is 3.19. The number of ether oxygens (including phenoxy) is 3. The summed E-state index contributed by atoms with van der Waals surface area (Å²) < 4.78 is 17.9. The highest BCUT2D eigenvalue weighted by Gasteiger charge is 2.22. The van der Waals surface area contributed by atoms with Gasteiger partial charge in [0.2, 0.25) is 6.41 Å². The number of nitrogens with zero attached hydrogens (tertiary/aromatic N) is 3. The second kappa shape index (κ2) is 8.16. The fourth-order valence-electron chi connectivity index (χ4n) is 3.37. The van der Waals surface area contributed by atoms with Gasteiger partial charge in [-0.2, -0.15) is 0 Å². The van der Waals surface area contributed by atoms with Crippen LogP contribution in [0, 0.1) is 0 Å². The SMILES string of the molecule is COc1ccc(N(C=O)c2c(-c3ccc(OC)c(OC)c3)nc3ccccn23)cc1. The number of anilines is 2. The number of fused-ring (bicyclic) bond motifs is 1. The first-order valence-corrected chi connectivity index (χ1v) is 9.28. The van der Waals surface area contributed by atoms with Gasteiger partial charge in [0.25, 0.3) is 0 Å². The molecule has 7 nitrogen and oxygen atoms in total. The number of methoxy groups -OCH3 is 3. The molecule has 2 heterocycles. The summed E-state index contributed by atoms with van der Waals surface area (Å²) in [5.74, 6) is 2.54. The summed E-state index contributed by atoms with van der Waals surface area (Å²) in [6, 6.07) is 18.5. The van der Waals surface area contributed by atoms with Gasteiger partial charge in [-0.3, -0.25) is 14.1 Å². The number of benzene rings is 2. The molecule has 0 aliphatic carbocycles. The zero-order valence-electron chi connectivity index (χ0n) is 16.9. The Hall–Kier alpha value is -4.00. The first-order chi connectivity index (χ1) is 14.7. The van der Waals surface area contributed by atoms with E-state index in [0.717, 1.165) is 17.6 Å².